The van der Waals surface area contributed by atoms with Crippen LogP contribution < -0.4 is 5.32 Å². The molecule has 3 rings (SSSR count). The Labute approximate surface area is 160 Å². The molecule has 27 heavy (non-hydrogen) atoms. The fraction of sp³-hybridized carbons (Fsp3) is 0.235. The summed E-state index contributed by atoms with van der Waals surface area (Å²) in [7, 11) is -3.66. The summed E-state index contributed by atoms with van der Waals surface area (Å²) in [6.07, 6.45) is 1.62. The lowest BCUT2D eigenvalue weighted by Crippen LogP contribution is -2.28. The van der Waals surface area contributed by atoms with E-state index in [0.717, 1.165) is 18.9 Å². The van der Waals surface area contributed by atoms with E-state index in [-0.39, 0.29) is 26.9 Å². The number of hydrogen-bond acceptors (Lipinski definition) is 5. The van der Waals surface area contributed by atoms with E-state index in [9.17, 15) is 23.3 Å². The number of carbonyl (C=O) groups excluding carboxylic acids is 1. The van der Waals surface area contributed by atoms with Crippen LogP contribution in [0.3, 0.4) is 0 Å². The first-order valence-corrected chi connectivity index (χ1v) is 9.96. The number of nitrogens with zero attached hydrogens (tertiary/aromatic N) is 2. The summed E-state index contributed by atoms with van der Waals surface area (Å²) in [5.74, 6) is -0.615. The molecule has 1 aliphatic heterocycles. The van der Waals surface area contributed by atoms with Crippen molar-refractivity contribution < 1.29 is 18.1 Å². The average molecular weight is 410 g/mol. The minimum absolute atomic E-state index is 0.0298. The number of benzene rings is 2. The van der Waals surface area contributed by atoms with E-state index in [1.165, 1.54) is 40.7 Å². The Morgan fingerprint density at radius 3 is 2.52 bits per heavy atom. The van der Waals surface area contributed by atoms with Crippen molar-refractivity contribution in [2.75, 3.05) is 18.4 Å². The second-order valence-corrected chi connectivity index (χ2v) is 8.36. The number of rotatable bonds is 5. The molecule has 2 aromatic carbocycles. The number of halogens is 1. The van der Waals surface area contributed by atoms with Crippen molar-refractivity contribution >= 4 is 38.9 Å². The molecule has 0 unspecified atom stereocenters. The zero-order valence-corrected chi connectivity index (χ0v) is 15.7. The van der Waals surface area contributed by atoms with Gasteiger partial charge in [0.05, 0.1) is 20.5 Å². The van der Waals surface area contributed by atoms with Gasteiger partial charge in [0.25, 0.3) is 11.6 Å². The Morgan fingerprint density at radius 2 is 1.85 bits per heavy atom. The van der Waals surface area contributed by atoms with Gasteiger partial charge in [0.2, 0.25) is 10.0 Å². The summed E-state index contributed by atoms with van der Waals surface area (Å²) < 4.78 is 26.7. The van der Waals surface area contributed by atoms with Gasteiger partial charge in [-0.15, -0.1) is 0 Å². The second kappa shape index (κ2) is 7.63. The first kappa shape index (κ1) is 19.3. The first-order valence-electron chi connectivity index (χ1n) is 8.14. The Balaban J connectivity index is 1.86. The number of nitrogens with one attached hydrogen (secondary N) is 1. The number of hydrogen-bond donors (Lipinski definition) is 1. The van der Waals surface area contributed by atoms with Gasteiger partial charge in [0.15, 0.2) is 0 Å². The fourth-order valence-electron chi connectivity index (χ4n) is 2.79. The topological polar surface area (TPSA) is 110 Å². The molecule has 0 radical (unpaired) electrons. The Bertz CT molecular complexity index is 1000. The van der Waals surface area contributed by atoms with Crippen molar-refractivity contribution in [2.45, 2.75) is 17.7 Å². The number of nitro groups is 1. The third-order valence-corrected chi connectivity index (χ3v) is 6.43. The molecule has 0 bridgehead atoms. The Morgan fingerprint density at radius 1 is 1.15 bits per heavy atom. The third kappa shape index (κ3) is 4.10. The zero-order valence-electron chi connectivity index (χ0n) is 14.1. The lowest BCUT2D eigenvalue weighted by molar-refractivity contribution is -0.384. The zero-order chi connectivity index (χ0) is 19.6. The molecule has 0 saturated carbocycles. The van der Waals surface area contributed by atoms with Crippen LogP contribution in [0.15, 0.2) is 47.4 Å². The first-order chi connectivity index (χ1) is 12.8. The fourth-order valence-corrected chi connectivity index (χ4v) is 4.52. The van der Waals surface area contributed by atoms with Crippen LogP contribution in [0.2, 0.25) is 5.02 Å². The molecule has 1 fully saturated rings. The summed E-state index contributed by atoms with van der Waals surface area (Å²) in [6.45, 7) is 0.921. The van der Waals surface area contributed by atoms with Crippen LogP contribution in [0.4, 0.5) is 11.4 Å². The molecule has 1 amide bonds. The number of sulfonamides is 1. The Hall–Kier alpha value is -2.49. The number of anilines is 1. The molecule has 8 nitrogen and oxygen atoms in total. The van der Waals surface area contributed by atoms with Crippen molar-refractivity contribution in [3.63, 3.8) is 0 Å². The molecule has 0 aromatic heterocycles. The molecular weight excluding hydrogens is 394 g/mol. The molecule has 2 aromatic rings. The van der Waals surface area contributed by atoms with E-state index >= 15 is 0 Å². The van der Waals surface area contributed by atoms with Crippen LogP contribution in [-0.4, -0.2) is 36.6 Å². The summed E-state index contributed by atoms with van der Waals surface area (Å²) in [5.41, 5.74) is -0.0402. The van der Waals surface area contributed by atoms with Gasteiger partial charge in [-0.2, -0.15) is 4.31 Å². The van der Waals surface area contributed by atoms with Gasteiger partial charge in [-0.25, -0.2) is 8.42 Å². The van der Waals surface area contributed by atoms with Crippen molar-refractivity contribution in [3.05, 3.63) is 63.2 Å². The molecule has 0 spiro atoms. The van der Waals surface area contributed by atoms with E-state index in [0.29, 0.717) is 13.1 Å². The van der Waals surface area contributed by atoms with Crippen LogP contribution >= 0.6 is 11.6 Å². The van der Waals surface area contributed by atoms with Crippen LogP contribution in [0, 0.1) is 10.1 Å². The Kier molecular flexibility index (Phi) is 5.45. The predicted molar refractivity (Wildman–Crippen MR) is 100 cm³/mol. The minimum Gasteiger partial charge on any atom is -0.320 e. The second-order valence-electron chi connectivity index (χ2n) is 6.01. The monoisotopic (exact) mass is 409 g/mol. The van der Waals surface area contributed by atoms with Gasteiger partial charge >= 0.3 is 0 Å². The molecule has 142 valence electrons. The number of carbonyl (C=O) groups is 1. The van der Waals surface area contributed by atoms with E-state index in [1.54, 1.807) is 0 Å². The van der Waals surface area contributed by atoms with E-state index in [4.69, 9.17) is 11.6 Å². The van der Waals surface area contributed by atoms with Crippen LogP contribution in [0.1, 0.15) is 23.2 Å². The van der Waals surface area contributed by atoms with E-state index < -0.39 is 20.9 Å². The highest BCUT2D eigenvalue weighted by molar-refractivity contribution is 7.89. The van der Waals surface area contributed by atoms with Gasteiger partial charge in [-0.3, -0.25) is 14.9 Å². The quantitative estimate of drug-likeness (QED) is 0.601. The molecule has 1 N–H and O–H groups in total. The van der Waals surface area contributed by atoms with Crippen molar-refractivity contribution in [3.8, 4) is 0 Å². The largest absolute Gasteiger partial charge is 0.320 e. The van der Waals surface area contributed by atoms with Crippen LogP contribution in [0.5, 0.6) is 0 Å². The molecule has 1 heterocycles. The lowest BCUT2D eigenvalue weighted by Gasteiger charge is -2.16. The van der Waals surface area contributed by atoms with Gasteiger partial charge in [0.1, 0.15) is 0 Å². The van der Waals surface area contributed by atoms with Crippen LogP contribution in [-0.2, 0) is 10.0 Å². The van der Waals surface area contributed by atoms with Gasteiger partial charge in [-0.1, -0.05) is 17.7 Å². The summed E-state index contributed by atoms with van der Waals surface area (Å²) >= 11 is 5.98. The SMILES string of the molecule is O=C(Nc1cc([N+](=O)[O-])ccc1Cl)c1cccc(S(=O)(=O)N2CCCC2)c1. The molecule has 1 aliphatic rings. The normalized spacial score (nSPS) is 14.9. The summed E-state index contributed by atoms with van der Waals surface area (Å²) in [5, 5.41) is 13.5. The maximum Gasteiger partial charge on any atom is 0.271 e. The molecule has 1 saturated heterocycles. The van der Waals surface area contributed by atoms with Crippen molar-refractivity contribution in [1.29, 1.82) is 0 Å². The number of amides is 1. The van der Waals surface area contributed by atoms with E-state index in [2.05, 4.69) is 5.32 Å². The van der Waals surface area contributed by atoms with Gasteiger partial charge < -0.3 is 5.32 Å². The third-order valence-electron chi connectivity index (χ3n) is 4.21. The molecule has 0 atom stereocenters. The van der Waals surface area contributed by atoms with Gasteiger partial charge in [0, 0.05) is 30.8 Å². The number of non-ortho nitro benzene ring substituents is 1. The standard InChI is InChI=1S/C17H16ClN3O5S/c18-15-7-6-13(21(23)24)11-16(15)19-17(22)12-4-3-5-14(10-12)27(25,26)20-8-1-2-9-20/h3-7,10-11H,1-2,8-9H2,(H,19,22). The average Bonchev–Trinajstić information content (AvgIpc) is 3.19. The summed E-state index contributed by atoms with van der Waals surface area (Å²) in [6, 6.07) is 9.34. The molecule has 0 aliphatic carbocycles. The highest BCUT2D eigenvalue weighted by atomic mass is 35.5. The molecule has 10 heteroatoms. The van der Waals surface area contributed by atoms with Crippen molar-refractivity contribution in [2.24, 2.45) is 0 Å². The summed E-state index contributed by atoms with van der Waals surface area (Å²) in [4.78, 5) is 22.8. The molecular formula is C17H16ClN3O5S. The van der Waals surface area contributed by atoms with Crippen LogP contribution in [0.25, 0.3) is 0 Å². The smallest absolute Gasteiger partial charge is 0.271 e. The highest BCUT2D eigenvalue weighted by Crippen LogP contribution is 2.27. The predicted octanol–water partition coefficient (Wildman–Crippen LogP) is 3.29. The maximum atomic E-state index is 12.6. The van der Waals surface area contributed by atoms with Gasteiger partial charge in [-0.05, 0) is 37.1 Å². The van der Waals surface area contributed by atoms with E-state index in [1.807, 2.05) is 0 Å². The minimum atomic E-state index is -3.66. The lowest BCUT2D eigenvalue weighted by atomic mass is 10.2. The highest BCUT2D eigenvalue weighted by Gasteiger charge is 2.27. The van der Waals surface area contributed by atoms with Crippen molar-refractivity contribution in [1.82, 2.24) is 4.31 Å². The number of nitro benzene ring substituents is 1. The maximum absolute atomic E-state index is 12.6.